The van der Waals surface area contributed by atoms with E-state index < -0.39 is 6.29 Å². The minimum absolute atomic E-state index is 0.594. The Morgan fingerprint density at radius 3 is 2.32 bits per heavy atom. The average molecular weight is 451 g/mol. The van der Waals surface area contributed by atoms with E-state index in [1.165, 1.54) is 12.7 Å². The normalized spacial score (nSPS) is 11.9. The van der Waals surface area contributed by atoms with Crippen molar-refractivity contribution in [3.63, 3.8) is 0 Å². The van der Waals surface area contributed by atoms with Gasteiger partial charge in [-0.2, -0.15) is 0 Å². The second kappa shape index (κ2) is 9.83. The van der Waals surface area contributed by atoms with Gasteiger partial charge in [0.25, 0.3) is 0 Å². The third-order valence-corrected chi connectivity index (χ3v) is 5.77. The first-order valence-electron chi connectivity index (χ1n) is 11.2. The molecule has 0 aliphatic carbocycles. The summed E-state index contributed by atoms with van der Waals surface area (Å²) in [6.07, 6.45) is 1.01. The van der Waals surface area contributed by atoms with E-state index in [9.17, 15) is 5.11 Å². The van der Waals surface area contributed by atoms with Gasteiger partial charge in [0.05, 0.1) is 5.52 Å². The van der Waals surface area contributed by atoms with E-state index in [4.69, 9.17) is 9.47 Å². The molecule has 4 aromatic carbocycles. The zero-order valence-electron chi connectivity index (χ0n) is 18.9. The molecule has 1 unspecified atom stereocenters. The van der Waals surface area contributed by atoms with Crippen LogP contribution in [0.25, 0.3) is 10.9 Å². The molecule has 0 amide bonds. The average Bonchev–Trinajstić information content (AvgIpc) is 3.29. The van der Waals surface area contributed by atoms with Crippen molar-refractivity contribution >= 4 is 22.3 Å². The molecule has 5 nitrogen and oxygen atoms in total. The van der Waals surface area contributed by atoms with Gasteiger partial charge >= 0.3 is 0 Å². The van der Waals surface area contributed by atoms with Crippen molar-refractivity contribution in [2.24, 2.45) is 0 Å². The van der Waals surface area contributed by atoms with Crippen LogP contribution in [0, 0.1) is 0 Å². The lowest BCUT2D eigenvalue weighted by atomic mass is 10.1. The number of hydrogen-bond acceptors (Lipinski definition) is 4. The van der Waals surface area contributed by atoms with E-state index in [2.05, 4.69) is 52.5 Å². The molecule has 0 aliphatic heterocycles. The maximum absolute atomic E-state index is 10.5. The van der Waals surface area contributed by atoms with E-state index >= 15 is 0 Å². The van der Waals surface area contributed by atoms with Crippen LogP contribution < -0.4 is 10.1 Å². The number of nitrogens with zero attached hydrogens (tertiary/aromatic N) is 1. The molecule has 0 spiro atoms. The van der Waals surface area contributed by atoms with Crippen molar-refractivity contribution in [1.82, 2.24) is 4.57 Å². The van der Waals surface area contributed by atoms with Crippen molar-refractivity contribution in [2.45, 2.75) is 12.8 Å². The zero-order chi connectivity index (χ0) is 23.3. The highest BCUT2D eigenvalue weighted by Crippen LogP contribution is 2.34. The third kappa shape index (κ3) is 4.66. The van der Waals surface area contributed by atoms with Gasteiger partial charge in [0.2, 0.25) is 0 Å². The van der Waals surface area contributed by atoms with Crippen molar-refractivity contribution < 1.29 is 14.6 Å². The zero-order valence-corrected chi connectivity index (χ0v) is 18.9. The number of ether oxygens (including phenoxy) is 2. The van der Waals surface area contributed by atoms with Crippen molar-refractivity contribution in [3.05, 3.63) is 120 Å². The first-order chi connectivity index (χ1) is 16.7. The molecule has 2 N–H and O–H groups in total. The number of aliphatic hydroxyl groups is 1. The molecule has 0 bridgehead atoms. The highest BCUT2D eigenvalue weighted by atomic mass is 16.6. The first-order valence-corrected chi connectivity index (χ1v) is 11.2. The van der Waals surface area contributed by atoms with Crippen LogP contribution in [-0.4, -0.2) is 16.8 Å². The molecule has 1 aromatic heterocycles. The predicted octanol–water partition coefficient (Wildman–Crippen LogP) is 6.86. The van der Waals surface area contributed by atoms with E-state index in [0.29, 0.717) is 11.3 Å². The Kier molecular flexibility index (Phi) is 6.29. The lowest BCUT2D eigenvalue weighted by Crippen LogP contribution is -2.05. The molecule has 1 heterocycles. The summed E-state index contributed by atoms with van der Waals surface area (Å²) in [5.41, 5.74) is 4.67. The number of anilines is 2. The number of methoxy groups -OCH3 is 1. The highest BCUT2D eigenvalue weighted by Gasteiger charge is 2.15. The summed E-state index contributed by atoms with van der Waals surface area (Å²) in [6.45, 7) is 0.799. The third-order valence-electron chi connectivity index (χ3n) is 5.77. The molecule has 170 valence electrons. The summed E-state index contributed by atoms with van der Waals surface area (Å²) in [5.74, 6) is 1.35. The fraction of sp³-hybridized carbons (Fsp3) is 0.103. The van der Waals surface area contributed by atoms with Gasteiger partial charge in [0.1, 0.15) is 11.5 Å². The van der Waals surface area contributed by atoms with Crippen LogP contribution in [0.1, 0.15) is 17.4 Å². The summed E-state index contributed by atoms with van der Waals surface area (Å²) >= 11 is 0. The molecule has 0 aliphatic rings. The molecular weight excluding hydrogens is 424 g/mol. The highest BCUT2D eigenvalue weighted by molar-refractivity contribution is 5.94. The number of nitrogens with one attached hydrogen (secondary N) is 1. The molecule has 0 saturated heterocycles. The Morgan fingerprint density at radius 2 is 1.56 bits per heavy atom. The SMILES string of the molecule is COC(O)c1cc(Oc2ccccc2)ccc1Nc1cccc2c1ccn2Cc1ccccc1. The van der Waals surface area contributed by atoms with Gasteiger partial charge in [0, 0.05) is 42.2 Å². The lowest BCUT2D eigenvalue weighted by Gasteiger charge is -2.18. The number of rotatable bonds is 8. The van der Waals surface area contributed by atoms with E-state index in [0.717, 1.165) is 34.6 Å². The Labute approximate surface area is 198 Å². The van der Waals surface area contributed by atoms with Gasteiger partial charge in [-0.1, -0.05) is 54.6 Å². The first kappa shape index (κ1) is 21.8. The van der Waals surface area contributed by atoms with Crippen LogP contribution in [-0.2, 0) is 11.3 Å². The molecular formula is C29H26N2O3. The second-order valence-electron chi connectivity index (χ2n) is 8.04. The van der Waals surface area contributed by atoms with Gasteiger partial charge in [-0.05, 0) is 54.1 Å². The number of hydrogen-bond donors (Lipinski definition) is 2. The minimum Gasteiger partial charge on any atom is -0.457 e. The van der Waals surface area contributed by atoms with E-state index in [1.807, 2.05) is 60.7 Å². The lowest BCUT2D eigenvalue weighted by molar-refractivity contribution is -0.0764. The van der Waals surface area contributed by atoms with Crippen LogP contribution in [0.5, 0.6) is 11.5 Å². The maximum atomic E-state index is 10.5. The number of fused-ring (bicyclic) bond motifs is 1. The number of para-hydroxylation sites is 1. The summed E-state index contributed by atoms with van der Waals surface area (Å²) in [7, 11) is 1.48. The predicted molar refractivity (Wildman–Crippen MR) is 136 cm³/mol. The van der Waals surface area contributed by atoms with Gasteiger partial charge in [-0.3, -0.25) is 0 Å². The van der Waals surface area contributed by atoms with Crippen LogP contribution >= 0.6 is 0 Å². The summed E-state index contributed by atoms with van der Waals surface area (Å²) < 4.78 is 13.4. The Balaban J connectivity index is 1.45. The summed E-state index contributed by atoms with van der Waals surface area (Å²) in [4.78, 5) is 0. The van der Waals surface area contributed by atoms with Crippen LogP contribution in [0.15, 0.2) is 109 Å². The topological polar surface area (TPSA) is 55.6 Å². The number of benzene rings is 4. The fourth-order valence-corrected chi connectivity index (χ4v) is 4.07. The molecule has 5 rings (SSSR count). The van der Waals surface area contributed by atoms with Crippen molar-refractivity contribution in [1.29, 1.82) is 0 Å². The summed E-state index contributed by atoms with van der Waals surface area (Å²) in [6, 6.07) is 33.8. The van der Waals surface area contributed by atoms with E-state index in [-0.39, 0.29) is 0 Å². The molecule has 34 heavy (non-hydrogen) atoms. The summed E-state index contributed by atoms with van der Waals surface area (Å²) in [5, 5.41) is 15.1. The minimum atomic E-state index is -1.09. The standard InChI is InChI=1S/C29H26N2O3/c1-33-29(32)25-19-23(34-22-11-6-3-7-12-22)15-16-27(25)30-26-13-8-14-28-24(26)17-18-31(28)20-21-9-4-2-5-10-21/h2-19,29-30,32H,20H2,1H3. The van der Waals surface area contributed by atoms with Gasteiger partial charge in [0.15, 0.2) is 6.29 Å². The molecule has 0 radical (unpaired) electrons. The Morgan fingerprint density at radius 1 is 0.794 bits per heavy atom. The maximum Gasteiger partial charge on any atom is 0.182 e. The van der Waals surface area contributed by atoms with Crippen molar-refractivity contribution in [2.75, 3.05) is 12.4 Å². The molecule has 1 atom stereocenters. The molecule has 0 saturated carbocycles. The molecule has 0 fully saturated rings. The quantitative estimate of drug-likeness (QED) is 0.254. The van der Waals surface area contributed by atoms with Crippen LogP contribution in [0.2, 0.25) is 0 Å². The smallest absolute Gasteiger partial charge is 0.182 e. The number of aromatic nitrogens is 1. The van der Waals surface area contributed by atoms with Crippen LogP contribution in [0.4, 0.5) is 11.4 Å². The van der Waals surface area contributed by atoms with Crippen molar-refractivity contribution in [3.8, 4) is 11.5 Å². The van der Waals surface area contributed by atoms with E-state index in [1.54, 1.807) is 6.07 Å². The van der Waals surface area contributed by atoms with Gasteiger partial charge in [-0.25, -0.2) is 0 Å². The Bertz CT molecular complexity index is 1380. The Hall–Kier alpha value is -4.06. The van der Waals surface area contributed by atoms with Gasteiger partial charge in [-0.15, -0.1) is 0 Å². The second-order valence-corrected chi connectivity index (χ2v) is 8.04. The van der Waals surface area contributed by atoms with Gasteiger partial charge < -0.3 is 24.5 Å². The molecule has 5 aromatic rings. The monoisotopic (exact) mass is 450 g/mol. The molecule has 5 heteroatoms. The largest absolute Gasteiger partial charge is 0.457 e. The number of aliphatic hydroxyl groups excluding tert-OH is 1. The van der Waals surface area contributed by atoms with Crippen LogP contribution in [0.3, 0.4) is 0 Å². The fourth-order valence-electron chi connectivity index (χ4n) is 4.07.